The number of rotatable bonds is 5. The van der Waals surface area contributed by atoms with Gasteiger partial charge in [0.1, 0.15) is 11.7 Å². The zero-order valence-electron chi connectivity index (χ0n) is 13.4. The Labute approximate surface area is 140 Å². The van der Waals surface area contributed by atoms with E-state index in [-0.39, 0.29) is 5.91 Å². The Morgan fingerprint density at radius 2 is 1.75 bits per heavy atom. The molecule has 122 valence electrons. The molecule has 0 radical (unpaired) electrons. The van der Waals surface area contributed by atoms with E-state index in [9.17, 15) is 9.59 Å². The van der Waals surface area contributed by atoms with Crippen LogP contribution in [0.3, 0.4) is 0 Å². The predicted octanol–water partition coefficient (Wildman–Crippen LogP) is 2.00. The van der Waals surface area contributed by atoms with E-state index in [0.29, 0.717) is 12.1 Å². The molecule has 1 aromatic heterocycles. The first-order valence-corrected chi connectivity index (χ1v) is 7.75. The highest BCUT2D eigenvalue weighted by Gasteiger charge is 2.21. The van der Waals surface area contributed by atoms with Gasteiger partial charge in [-0.05, 0) is 17.7 Å². The Hall–Kier alpha value is -3.08. The van der Waals surface area contributed by atoms with Crippen LogP contribution in [0, 0.1) is 0 Å². The van der Waals surface area contributed by atoms with Crippen LogP contribution in [0.25, 0.3) is 10.9 Å². The number of para-hydroxylation sites is 1. The van der Waals surface area contributed by atoms with Crippen LogP contribution in [0.2, 0.25) is 0 Å². The van der Waals surface area contributed by atoms with Gasteiger partial charge in [0.25, 0.3) is 5.91 Å². The van der Waals surface area contributed by atoms with E-state index < -0.39 is 11.9 Å². The summed E-state index contributed by atoms with van der Waals surface area (Å²) in [6.45, 7) is 0. The van der Waals surface area contributed by atoms with Crippen molar-refractivity contribution in [1.82, 2.24) is 9.88 Å². The van der Waals surface area contributed by atoms with Gasteiger partial charge in [-0.15, -0.1) is 0 Å². The number of aromatic nitrogens is 1. The van der Waals surface area contributed by atoms with E-state index in [1.807, 2.05) is 72.3 Å². The van der Waals surface area contributed by atoms with Crippen molar-refractivity contribution < 1.29 is 9.59 Å². The van der Waals surface area contributed by atoms with Crippen molar-refractivity contribution in [3.05, 3.63) is 71.9 Å². The molecule has 3 N–H and O–H groups in total. The molecular formula is C19H19N3O2. The van der Waals surface area contributed by atoms with Gasteiger partial charge in [0.15, 0.2) is 0 Å². The number of carbonyl (C=O) groups is 2. The van der Waals surface area contributed by atoms with Crippen LogP contribution in [-0.4, -0.2) is 22.4 Å². The van der Waals surface area contributed by atoms with E-state index in [4.69, 9.17) is 5.73 Å². The third-order valence-corrected chi connectivity index (χ3v) is 4.12. The number of nitrogens with zero attached hydrogens (tertiary/aromatic N) is 1. The molecule has 24 heavy (non-hydrogen) atoms. The largest absolute Gasteiger partial charge is 0.368 e. The predicted molar refractivity (Wildman–Crippen MR) is 93.5 cm³/mol. The topological polar surface area (TPSA) is 77.1 Å². The average Bonchev–Trinajstić information content (AvgIpc) is 2.92. The zero-order chi connectivity index (χ0) is 17.1. The van der Waals surface area contributed by atoms with Crippen molar-refractivity contribution in [3.8, 4) is 0 Å². The van der Waals surface area contributed by atoms with Crippen molar-refractivity contribution in [2.75, 3.05) is 0 Å². The van der Waals surface area contributed by atoms with Crippen molar-refractivity contribution in [1.29, 1.82) is 0 Å². The smallest absolute Gasteiger partial charge is 0.268 e. The first-order valence-electron chi connectivity index (χ1n) is 7.75. The van der Waals surface area contributed by atoms with Crippen LogP contribution in [0.5, 0.6) is 0 Å². The van der Waals surface area contributed by atoms with Crippen LogP contribution >= 0.6 is 0 Å². The molecule has 2 amide bonds. The second kappa shape index (κ2) is 6.58. The van der Waals surface area contributed by atoms with E-state index >= 15 is 0 Å². The van der Waals surface area contributed by atoms with Crippen molar-refractivity contribution >= 4 is 22.7 Å². The van der Waals surface area contributed by atoms with Gasteiger partial charge in [0, 0.05) is 24.4 Å². The molecule has 5 heteroatoms. The van der Waals surface area contributed by atoms with Crippen LogP contribution in [-0.2, 0) is 18.3 Å². The van der Waals surface area contributed by atoms with Gasteiger partial charge in [-0.1, -0.05) is 48.5 Å². The molecular weight excluding hydrogens is 302 g/mol. The van der Waals surface area contributed by atoms with Gasteiger partial charge in [0.05, 0.1) is 0 Å². The van der Waals surface area contributed by atoms with Crippen LogP contribution in [0.4, 0.5) is 0 Å². The number of primary amides is 1. The molecule has 1 atom stereocenters. The summed E-state index contributed by atoms with van der Waals surface area (Å²) in [4.78, 5) is 24.3. The van der Waals surface area contributed by atoms with Gasteiger partial charge in [-0.25, -0.2) is 0 Å². The lowest BCUT2D eigenvalue weighted by Crippen LogP contribution is -2.46. The Kier molecular flexibility index (Phi) is 4.33. The zero-order valence-corrected chi connectivity index (χ0v) is 13.4. The maximum absolute atomic E-state index is 12.6. The molecule has 2 aromatic carbocycles. The summed E-state index contributed by atoms with van der Waals surface area (Å²) in [5.74, 6) is -0.862. The Morgan fingerprint density at radius 1 is 1.08 bits per heavy atom. The summed E-state index contributed by atoms with van der Waals surface area (Å²) in [6, 6.07) is 18.3. The second-order valence-electron chi connectivity index (χ2n) is 5.77. The van der Waals surface area contributed by atoms with Gasteiger partial charge >= 0.3 is 0 Å². The van der Waals surface area contributed by atoms with Crippen molar-refractivity contribution in [3.63, 3.8) is 0 Å². The maximum atomic E-state index is 12.6. The highest BCUT2D eigenvalue weighted by atomic mass is 16.2. The number of hydrogen-bond donors (Lipinski definition) is 2. The molecule has 0 saturated carbocycles. The highest BCUT2D eigenvalue weighted by Crippen LogP contribution is 2.18. The fourth-order valence-electron chi connectivity index (χ4n) is 2.81. The lowest BCUT2D eigenvalue weighted by atomic mass is 10.1. The monoisotopic (exact) mass is 321 g/mol. The molecule has 3 rings (SSSR count). The molecule has 1 heterocycles. The molecule has 0 aliphatic rings. The minimum atomic E-state index is -0.752. The molecule has 1 unspecified atom stereocenters. The number of nitrogens with two attached hydrogens (primary N) is 1. The summed E-state index contributed by atoms with van der Waals surface area (Å²) in [5.41, 5.74) is 7.86. The third-order valence-electron chi connectivity index (χ3n) is 4.12. The lowest BCUT2D eigenvalue weighted by Gasteiger charge is -2.16. The van der Waals surface area contributed by atoms with Crippen LogP contribution < -0.4 is 11.1 Å². The first kappa shape index (κ1) is 15.8. The standard InChI is InChI=1S/C19H19N3O2/c1-22-16-10-6-5-9-14(16)12-17(22)19(24)21-15(18(20)23)11-13-7-3-2-4-8-13/h2-10,12,15H,11H2,1H3,(H2,20,23)(H,21,24). The molecule has 0 spiro atoms. The summed E-state index contributed by atoms with van der Waals surface area (Å²) < 4.78 is 1.81. The number of amides is 2. The number of aryl methyl sites for hydroxylation is 1. The average molecular weight is 321 g/mol. The number of carbonyl (C=O) groups excluding carboxylic acids is 2. The van der Waals surface area contributed by atoms with Crippen molar-refractivity contribution in [2.24, 2.45) is 12.8 Å². The summed E-state index contributed by atoms with van der Waals surface area (Å²) >= 11 is 0. The van der Waals surface area contributed by atoms with E-state index in [2.05, 4.69) is 5.32 Å². The molecule has 3 aromatic rings. The first-order chi connectivity index (χ1) is 11.6. The summed E-state index contributed by atoms with van der Waals surface area (Å²) in [7, 11) is 1.83. The van der Waals surface area contributed by atoms with Gasteiger partial charge in [-0.2, -0.15) is 0 Å². The van der Waals surface area contributed by atoms with Gasteiger partial charge in [0.2, 0.25) is 5.91 Å². The van der Waals surface area contributed by atoms with Crippen LogP contribution in [0.1, 0.15) is 16.1 Å². The quantitative estimate of drug-likeness (QED) is 0.754. The van der Waals surface area contributed by atoms with Gasteiger partial charge in [-0.3, -0.25) is 9.59 Å². The number of hydrogen-bond acceptors (Lipinski definition) is 2. The molecule has 0 fully saturated rings. The minimum Gasteiger partial charge on any atom is -0.368 e. The number of nitrogens with one attached hydrogen (secondary N) is 1. The molecule has 0 aliphatic heterocycles. The molecule has 5 nitrogen and oxygen atoms in total. The van der Waals surface area contributed by atoms with Gasteiger partial charge < -0.3 is 15.6 Å². The SMILES string of the molecule is Cn1c(C(=O)NC(Cc2ccccc2)C(N)=O)cc2ccccc21. The fraction of sp³-hybridized carbons (Fsp3) is 0.158. The maximum Gasteiger partial charge on any atom is 0.268 e. The number of benzene rings is 2. The summed E-state index contributed by atoms with van der Waals surface area (Å²) in [6.07, 6.45) is 0.367. The lowest BCUT2D eigenvalue weighted by molar-refractivity contribution is -0.119. The molecule has 0 saturated heterocycles. The Bertz CT molecular complexity index is 884. The molecule has 0 aliphatic carbocycles. The second-order valence-corrected chi connectivity index (χ2v) is 5.77. The highest BCUT2D eigenvalue weighted by molar-refractivity contribution is 6.00. The number of fused-ring (bicyclic) bond motifs is 1. The van der Waals surface area contributed by atoms with E-state index in [0.717, 1.165) is 16.5 Å². The summed E-state index contributed by atoms with van der Waals surface area (Å²) in [5, 5.41) is 3.72. The van der Waals surface area contributed by atoms with Crippen molar-refractivity contribution in [2.45, 2.75) is 12.5 Å². The van der Waals surface area contributed by atoms with E-state index in [1.165, 1.54) is 0 Å². The minimum absolute atomic E-state index is 0.312. The Balaban J connectivity index is 1.82. The fourth-order valence-corrected chi connectivity index (χ4v) is 2.81. The molecule has 0 bridgehead atoms. The van der Waals surface area contributed by atoms with E-state index in [1.54, 1.807) is 0 Å². The third kappa shape index (κ3) is 3.15. The van der Waals surface area contributed by atoms with Crippen LogP contribution in [0.15, 0.2) is 60.7 Å². The Morgan fingerprint density at radius 3 is 2.42 bits per heavy atom. The normalized spacial score (nSPS) is 12.0.